The smallest absolute Gasteiger partial charge is 0.215 e. The van der Waals surface area contributed by atoms with Crippen molar-refractivity contribution in [1.82, 2.24) is 0 Å². The average molecular weight is 286 g/mol. The molecule has 1 aromatic rings. The van der Waals surface area contributed by atoms with Crippen LogP contribution in [0.25, 0.3) is 5.57 Å². The van der Waals surface area contributed by atoms with Gasteiger partial charge in [0, 0.05) is 9.88 Å². The number of sulfone groups is 1. The third-order valence-corrected chi connectivity index (χ3v) is 4.12. The number of allylic oxidation sites excluding steroid dienone is 2. The van der Waals surface area contributed by atoms with Crippen LogP contribution in [0, 0.1) is 0 Å². The van der Waals surface area contributed by atoms with Crippen molar-refractivity contribution in [1.29, 1.82) is 0 Å². The van der Waals surface area contributed by atoms with E-state index < -0.39 is 9.84 Å². The van der Waals surface area contributed by atoms with Crippen LogP contribution in [0.3, 0.4) is 0 Å². The molecule has 0 bridgehead atoms. The predicted octanol–water partition coefficient (Wildman–Crippen LogP) is 2.02. The summed E-state index contributed by atoms with van der Waals surface area (Å²) in [7, 11) is -3.38. The molecular weight excluding hydrogens is 278 g/mol. The fourth-order valence-electron chi connectivity index (χ4n) is 1.34. The summed E-state index contributed by atoms with van der Waals surface area (Å²) >= 11 is 3.36. The van der Waals surface area contributed by atoms with E-state index in [4.69, 9.17) is 5.73 Å². The molecule has 0 saturated heterocycles. The molecule has 78 valence electrons. The molecule has 0 atom stereocenters. The molecule has 0 fully saturated rings. The molecule has 1 heterocycles. The SMILES string of the molecule is NC1=CC(c2ccccc2Br)=CS1(=O)=O. The van der Waals surface area contributed by atoms with Crippen molar-refractivity contribution >= 4 is 31.3 Å². The first kappa shape index (κ1) is 10.4. The van der Waals surface area contributed by atoms with Crippen LogP contribution in [-0.2, 0) is 9.84 Å². The summed E-state index contributed by atoms with van der Waals surface area (Å²) in [5.41, 5.74) is 6.83. The van der Waals surface area contributed by atoms with Gasteiger partial charge in [0.15, 0.2) is 0 Å². The van der Waals surface area contributed by atoms with E-state index in [0.29, 0.717) is 5.57 Å². The monoisotopic (exact) mass is 285 g/mol. The second-order valence-corrected chi connectivity index (χ2v) is 5.80. The summed E-state index contributed by atoms with van der Waals surface area (Å²) in [6.45, 7) is 0. The molecule has 15 heavy (non-hydrogen) atoms. The number of nitrogens with two attached hydrogens (primary N) is 1. The summed E-state index contributed by atoms with van der Waals surface area (Å²) in [6, 6.07) is 7.40. The lowest BCUT2D eigenvalue weighted by Gasteiger charge is -2.01. The Bertz CT molecular complexity index is 573. The summed E-state index contributed by atoms with van der Waals surface area (Å²) < 4.78 is 23.6. The fourth-order valence-corrected chi connectivity index (χ4v) is 2.81. The Morgan fingerprint density at radius 3 is 2.40 bits per heavy atom. The number of hydrogen-bond acceptors (Lipinski definition) is 3. The Balaban J connectivity index is 2.58. The minimum Gasteiger partial charge on any atom is -0.389 e. The van der Waals surface area contributed by atoms with Gasteiger partial charge in [-0.15, -0.1) is 0 Å². The van der Waals surface area contributed by atoms with Gasteiger partial charge in [-0.3, -0.25) is 0 Å². The van der Waals surface area contributed by atoms with Crippen molar-refractivity contribution < 1.29 is 8.42 Å². The fraction of sp³-hybridized carbons (Fsp3) is 0. The predicted molar refractivity (Wildman–Crippen MR) is 63.3 cm³/mol. The highest BCUT2D eigenvalue weighted by atomic mass is 79.9. The van der Waals surface area contributed by atoms with E-state index in [9.17, 15) is 8.42 Å². The molecule has 0 spiro atoms. The molecule has 1 aromatic carbocycles. The third kappa shape index (κ3) is 1.85. The van der Waals surface area contributed by atoms with Gasteiger partial charge in [-0.05, 0) is 23.3 Å². The molecule has 0 radical (unpaired) electrons. The zero-order valence-corrected chi connectivity index (χ0v) is 10.0. The van der Waals surface area contributed by atoms with E-state index in [1.165, 1.54) is 11.5 Å². The highest BCUT2D eigenvalue weighted by Gasteiger charge is 2.21. The summed E-state index contributed by atoms with van der Waals surface area (Å²) in [4.78, 5) is 0. The van der Waals surface area contributed by atoms with Crippen LogP contribution in [0.4, 0.5) is 0 Å². The second-order valence-electron chi connectivity index (χ2n) is 3.14. The van der Waals surface area contributed by atoms with Gasteiger partial charge in [0.05, 0.1) is 0 Å². The van der Waals surface area contributed by atoms with Crippen molar-refractivity contribution in [2.75, 3.05) is 0 Å². The Morgan fingerprint density at radius 2 is 1.87 bits per heavy atom. The molecule has 1 aliphatic rings. The zero-order valence-electron chi connectivity index (χ0n) is 7.64. The maximum atomic E-state index is 11.4. The molecule has 2 rings (SSSR count). The van der Waals surface area contributed by atoms with Crippen molar-refractivity contribution in [2.24, 2.45) is 5.73 Å². The van der Waals surface area contributed by atoms with Gasteiger partial charge >= 0.3 is 0 Å². The Morgan fingerprint density at radius 1 is 1.20 bits per heavy atom. The lowest BCUT2D eigenvalue weighted by atomic mass is 10.1. The number of rotatable bonds is 1. The molecule has 3 nitrogen and oxygen atoms in total. The Labute approximate surface area is 96.3 Å². The zero-order chi connectivity index (χ0) is 11.1. The maximum Gasteiger partial charge on any atom is 0.215 e. The van der Waals surface area contributed by atoms with Crippen LogP contribution in [0.5, 0.6) is 0 Å². The Hall–Kier alpha value is -1.07. The molecular formula is C10H8BrNO2S. The van der Waals surface area contributed by atoms with Gasteiger partial charge in [0.25, 0.3) is 0 Å². The lowest BCUT2D eigenvalue weighted by Crippen LogP contribution is -2.04. The molecule has 1 aliphatic heterocycles. The summed E-state index contributed by atoms with van der Waals surface area (Å²) in [5.74, 6) is 0. The summed E-state index contributed by atoms with van der Waals surface area (Å²) in [6.07, 6.45) is 1.47. The van der Waals surface area contributed by atoms with Crippen LogP contribution in [0.1, 0.15) is 5.56 Å². The first-order valence-corrected chi connectivity index (χ1v) is 6.53. The van der Waals surface area contributed by atoms with E-state index >= 15 is 0 Å². The van der Waals surface area contributed by atoms with Gasteiger partial charge < -0.3 is 5.73 Å². The number of halogens is 1. The van der Waals surface area contributed by atoms with Crippen molar-refractivity contribution in [3.8, 4) is 0 Å². The minimum absolute atomic E-state index is 0.103. The van der Waals surface area contributed by atoms with Crippen LogP contribution in [0.15, 0.2) is 45.3 Å². The molecule has 0 unspecified atom stereocenters. The normalized spacial score (nSPS) is 18.5. The average Bonchev–Trinajstić information content (AvgIpc) is 2.42. The Kier molecular flexibility index (Phi) is 2.44. The maximum absolute atomic E-state index is 11.4. The molecule has 0 amide bonds. The minimum atomic E-state index is -3.38. The molecule has 0 aliphatic carbocycles. The molecule has 5 heteroatoms. The molecule has 2 N–H and O–H groups in total. The first-order chi connectivity index (χ1) is 7.00. The van der Waals surface area contributed by atoms with Crippen molar-refractivity contribution in [2.45, 2.75) is 0 Å². The van der Waals surface area contributed by atoms with E-state index in [1.807, 2.05) is 24.3 Å². The van der Waals surface area contributed by atoms with E-state index in [0.717, 1.165) is 10.0 Å². The number of hydrogen-bond donors (Lipinski definition) is 1. The van der Waals surface area contributed by atoms with E-state index in [1.54, 1.807) is 0 Å². The standard InChI is InChI=1S/C10H8BrNO2S/c11-9-4-2-1-3-8(9)7-5-10(12)15(13,14)6-7/h1-6H,12H2. The summed E-state index contributed by atoms with van der Waals surface area (Å²) in [5, 5.41) is 1.08. The quantitative estimate of drug-likeness (QED) is 0.859. The van der Waals surface area contributed by atoms with E-state index in [2.05, 4.69) is 15.9 Å². The van der Waals surface area contributed by atoms with Gasteiger partial charge in [0.2, 0.25) is 9.84 Å². The topological polar surface area (TPSA) is 60.2 Å². The van der Waals surface area contributed by atoms with Gasteiger partial charge in [-0.1, -0.05) is 34.1 Å². The first-order valence-electron chi connectivity index (χ1n) is 4.19. The van der Waals surface area contributed by atoms with Crippen molar-refractivity contribution in [3.63, 3.8) is 0 Å². The van der Waals surface area contributed by atoms with Gasteiger partial charge in [-0.2, -0.15) is 0 Å². The number of benzene rings is 1. The third-order valence-electron chi connectivity index (χ3n) is 2.09. The van der Waals surface area contributed by atoms with Crippen LogP contribution in [-0.4, -0.2) is 8.42 Å². The van der Waals surface area contributed by atoms with Gasteiger partial charge in [0.1, 0.15) is 5.03 Å². The van der Waals surface area contributed by atoms with Crippen LogP contribution >= 0.6 is 15.9 Å². The van der Waals surface area contributed by atoms with E-state index in [-0.39, 0.29) is 5.03 Å². The van der Waals surface area contributed by atoms with Gasteiger partial charge in [-0.25, -0.2) is 8.42 Å². The largest absolute Gasteiger partial charge is 0.389 e. The second kappa shape index (κ2) is 3.50. The molecule has 0 saturated carbocycles. The van der Waals surface area contributed by atoms with Crippen LogP contribution < -0.4 is 5.73 Å². The lowest BCUT2D eigenvalue weighted by molar-refractivity contribution is 0.610. The van der Waals surface area contributed by atoms with Crippen LogP contribution in [0.2, 0.25) is 0 Å². The highest BCUT2D eigenvalue weighted by molar-refractivity contribution is 9.10. The van der Waals surface area contributed by atoms with Crippen molar-refractivity contribution in [3.05, 3.63) is 50.8 Å². The highest BCUT2D eigenvalue weighted by Crippen LogP contribution is 2.31. The molecule has 0 aromatic heterocycles.